The molecule has 12 N–H and O–H groups in total. The average molecular weight is 1440 g/mol. The molecule has 0 saturated heterocycles. The summed E-state index contributed by atoms with van der Waals surface area (Å²) in [7, 11) is -7.74. The summed E-state index contributed by atoms with van der Waals surface area (Å²) in [6.07, 6.45) is 8.33. The van der Waals surface area contributed by atoms with E-state index >= 15 is 0 Å². The van der Waals surface area contributed by atoms with Gasteiger partial charge in [-0.2, -0.15) is 0 Å². The number of ketones is 3. The first-order valence-corrected chi connectivity index (χ1v) is 37.7. The molecule has 8 atom stereocenters. The summed E-state index contributed by atoms with van der Waals surface area (Å²) < 4.78 is 59.7. The molecule has 2 aromatic rings. The van der Waals surface area contributed by atoms with Gasteiger partial charge in [0.15, 0.2) is 5.78 Å². The minimum atomic E-state index is -3.87. The Bertz CT molecular complexity index is 3150. The Morgan fingerprint density at radius 2 is 0.790 bits per heavy atom. The lowest BCUT2D eigenvalue weighted by molar-refractivity contribution is -0.141. The van der Waals surface area contributed by atoms with Crippen LogP contribution in [0.25, 0.3) is 0 Å². The minimum absolute atomic E-state index is 0.0158. The molecule has 33 heteroatoms. The van der Waals surface area contributed by atoms with Crippen molar-refractivity contribution in [3.05, 3.63) is 71.8 Å². The predicted octanol–water partition coefficient (Wildman–Crippen LogP) is 1.42. The molecule has 2 aliphatic carbocycles. The first-order valence-electron chi connectivity index (χ1n) is 33.6. The van der Waals surface area contributed by atoms with Crippen LogP contribution in [0.15, 0.2) is 60.7 Å². The van der Waals surface area contributed by atoms with Gasteiger partial charge in [-0.05, 0) is 80.2 Å². The number of benzene rings is 2. The van der Waals surface area contributed by atoms with E-state index in [9.17, 15) is 84.0 Å². The zero-order valence-corrected chi connectivity index (χ0v) is 60.0. The number of carbonyl (C=O) groups excluding carboxylic acids is 14. The van der Waals surface area contributed by atoms with Crippen molar-refractivity contribution in [3.63, 3.8) is 0 Å². The van der Waals surface area contributed by atoms with Gasteiger partial charge in [0.25, 0.3) is 11.8 Å². The number of sulfone groups is 2. The summed E-state index contributed by atoms with van der Waals surface area (Å²) in [5.74, 6) is -13.2. The molecule has 31 nitrogen and oxygen atoms in total. The topological polar surface area (TPSA) is 472 Å². The Balaban J connectivity index is 0.000000520. The van der Waals surface area contributed by atoms with E-state index in [0.29, 0.717) is 49.7 Å². The third-order valence-corrected chi connectivity index (χ3v) is 17.8. The van der Waals surface area contributed by atoms with Crippen LogP contribution < -0.4 is 58.9 Å². The van der Waals surface area contributed by atoms with Crippen molar-refractivity contribution < 1.29 is 93.4 Å². The number of hydrogen-bond acceptors (Lipinski definition) is 20. The third kappa shape index (κ3) is 32.0. The smallest absolute Gasteiger partial charge is 0.407 e. The standard InChI is InChI=1S/C34H51N5O10S.C33H50N6O10S/c1-6-13-25(30(42)33(45)35-18-27(41)38-28(22(4)40)23-14-9-7-10-15-23)36-31(43)26(20-50(5,47)48)37-32(44)29(24-16-11-8-12-17-24)39-34(46)49-19-21(2)3;1-5-12-23(28(41)32(45)35-17-25(40)38-26(29(34)42)21-13-8-6-9-14-21)36-30(43)24(19-50(4,47)48)37-31(44)27(22-15-10-7-11-16-22)39-33(46)49-18-20(2)3/h7,9-10,14-15,21,24-26,28-29H,6,8,11-13,16-20H2,1-5H3,(H,35,45)(H,36,43)(H,37,44)(H,38,41)(H,39,46);6,8-9,13-14,20,22-24,26-27H,5,7,10-12,15-19H2,1-4H3,(H2,34,42)(H,35,45)(H,36,43)(H,37,44)(H,38,40)(H,39,46)/t25-,26-,28+,29-;23-,24-,26-,27-/m00/s1. The Labute approximate surface area is 584 Å². The number of hydrogen-bond donors (Lipinski definition) is 11. The molecular formula is C67H101N11O20S2. The number of amides is 11. The number of primary amides is 1. The van der Waals surface area contributed by atoms with Crippen molar-refractivity contribution in [3.8, 4) is 0 Å². The zero-order chi connectivity index (χ0) is 74.9. The molecule has 4 rings (SSSR count). The van der Waals surface area contributed by atoms with Gasteiger partial charge in [-0.25, -0.2) is 26.4 Å². The van der Waals surface area contributed by atoms with Crippen molar-refractivity contribution in [1.29, 1.82) is 0 Å². The summed E-state index contributed by atoms with van der Waals surface area (Å²) in [5, 5.41) is 24.0. The van der Waals surface area contributed by atoms with E-state index in [0.717, 1.165) is 51.0 Å². The van der Waals surface area contributed by atoms with Crippen molar-refractivity contribution in [2.45, 2.75) is 187 Å². The summed E-state index contributed by atoms with van der Waals surface area (Å²) in [6.45, 7) is 10.9. The molecule has 100 heavy (non-hydrogen) atoms. The van der Waals surface area contributed by atoms with Gasteiger partial charge >= 0.3 is 12.2 Å². The second-order valence-electron chi connectivity index (χ2n) is 26.0. The second kappa shape index (κ2) is 42.9. The fourth-order valence-electron chi connectivity index (χ4n) is 11.0. The van der Waals surface area contributed by atoms with Crippen molar-refractivity contribution >= 4 is 102 Å². The van der Waals surface area contributed by atoms with E-state index in [1.54, 1.807) is 74.5 Å². The highest BCUT2D eigenvalue weighted by Crippen LogP contribution is 2.28. The number of alkyl carbamates (subject to hydrolysis) is 2. The molecule has 0 aliphatic heterocycles. The van der Waals surface area contributed by atoms with Gasteiger partial charge in [-0.15, -0.1) is 0 Å². The summed E-state index contributed by atoms with van der Waals surface area (Å²) in [4.78, 5) is 180. The van der Waals surface area contributed by atoms with Crippen LogP contribution in [0.1, 0.15) is 162 Å². The molecule has 11 amide bonds. The van der Waals surface area contributed by atoms with Crippen LogP contribution in [0, 0.1) is 23.7 Å². The van der Waals surface area contributed by atoms with Crippen LogP contribution in [0.3, 0.4) is 0 Å². The third-order valence-electron chi connectivity index (χ3n) is 15.9. The number of ether oxygens (including phenoxy) is 2. The molecule has 0 aromatic heterocycles. The molecule has 2 aliphatic rings. The number of rotatable bonds is 38. The lowest BCUT2D eigenvalue weighted by Crippen LogP contribution is -2.60. The van der Waals surface area contributed by atoms with Crippen LogP contribution in [0.5, 0.6) is 0 Å². The maximum atomic E-state index is 13.6. The van der Waals surface area contributed by atoms with Gasteiger partial charge in [-0.1, -0.05) is 154 Å². The highest BCUT2D eigenvalue weighted by atomic mass is 32.2. The number of carbonyl (C=O) groups is 14. The summed E-state index contributed by atoms with van der Waals surface area (Å²) in [6, 6.07) is 6.00. The van der Waals surface area contributed by atoms with Gasteiger partial charge < -0.3 is 68.4 Å². The highest BCUT2D eigenvalue weighted by Gasteiger charge is 2.39. The predicted molar refractivity (Wildman–Crippen MR) is 367 cm³/mol. The fraction of sp³-hybridized carbons (Fsp3) is 0.612. The largest absolute Gasteiger partial charge is 0.449 e. The van der Waals surface area contributed by atoms with Crippen molar-refractivity contribution in [2.75, 3.05) is 50.3 Å². The molecule has 556 valence electrons. The second-order valence-corrected chi connectivity index (χ2v) is 30.3. The SMILES string of the molecule is CCC[C@H](NC(=O)[C@H](CS(C)(=O)=O)NC(=O)[C@@H](NC(=O)OCC(C)C)C1CCCCC1)C(=O)C(=O)NCC(=O)N[C@H](C(C)=O)c1ccccc1.CCC[C@H](NC(=O)[C@H](CS(C)(=O)=O)NC(=O)[C@@H](NC(=O)OCC(C)C)C1CCCCC1)C(=O)C(=O)NCC(=O)N[C@H](C(N)=O)c1ccccc1. The first-order chi connectivity index (χ1) is 47.0. The lowest BCUT2D eigenvalue weighted by Gasteiger charge is -2.31. The van der Waals surface area contributed by atoms with Crippen molar-refractivity contribution in [1.82, 2.24) is 53.2 Å². The molecule has 2 aromatic carbocycles. The van der Waals surface area contributed by atoms with E-state index in [1.807, 2.05) is 27.7 Å². The van der Waals surface area contributed by atoms with E-state index in [4.69, 9.17) is 15.2 Å². The Hall–Kier alpha value is -8.88. The molecule has 0 spiro atoms. The van der Waals surface area contributed by atoms with Crippen LogP contribution in [0.2, 0.25) is 0 Å². The zero-order valence-electron chi connectivity index (χ0n) is 58.4. The van der Waals surface area contributed by atoms with E-state index in [1.165, 1.54) is 6.92 Å². The molecular weight excluding hydrogens is 1340 g/mol. The number of nitrogens with one attached hydrogen (secondary N) is 10. The Morgan fingerprint density at radius 1 is 0.460 bits per heavy atom. The summed E-state index contributed by atoms with van der Waals surface area (Å²) >= 11 is 0. The molecule has 2 fully saturated rings. The molecule has 0 heterocycles. The van der Waals surface area contributed by atoms with E-state index in [2.05, 4.69) is 53.2 Å². The van der Waals surface area contributed by atoms with Crippen LogP contribution in [-0.2, 0) is 86.7 Å². The lowest BCUT2D eigenvalue weighted by atomic mass is 9.83. The maximum absolute atomic E-state index is 13.6. The Morgan fingerprint density at radius 3 is 1.10 bits per heavy atom. The molecule has 0 radical (unpaired) electrons. The first kappa shape index (κ1) is 85.3. The quantitative estimate of drug-likeness (QED) is 0.0424. The number of Topliss-reactive ketones (excluding diaryl/α,β-unsaturated/α-hetero) is 3. The van der Waals surface area contributed by atoms with Gasteiger partial charge in [0.2, 0.25) is 52.9 Å². The fourth-order valence-corrected chi connectivity index (χ4v) is 12.7. The molecule has 0 bridgehead atoms. The van der Waals surface area contributed by atoms with Gasteiger partial charge in [-0.3, -0.25) is 57.5 Å². The van der Waals surface area contributed by atoms with Crippen molar-refractivity contribution in [2.24, 2.45) is 29.4 Å². The van der Waals surface area contributed by atoms with E-state index in [-0.39, 0.29) is 55.5 Å². The van der Waals surface area contributed by atoms with Crippen LogP contribution in [-0.4, -0.2) is 186 Å². The molecule has 0 unspecified atom stereocenters. The van der Waals surface area contributed by atoms with Crippen LogP contribution in [0.4, 0.5) is 9.59 Å². The van der Waals surface area contributed by atoms with Gasteiger partial charge in [0.1, 0.15) is 55.9 Å². The molecule has 2 saturated carbocycles. The van der Waals surface area contributed by atoms with Gasteiger partial charge in [0.05, 0.1) is 49.9 Å². The maximum Gasteiger partial charge on any atom is 0.407 e. The van der Waals surface area contributed by atoms with Gasteiger partial charge in [0, 0.05) is 12.5 Å². The highest BCUT2D eigenvalue weighted by molar-refractivity contribution is 7.91. The average Bonchev–Trinajstić information content (AvgIpc) is 0.854. The Kier molecular flexibility index (Phi) is 36.6. The summed E-state index contributed by atoms with van der Waals surface area (Å²) in [5.41, 5.74) is 6.35. The van der Waals surface area contributed by atoms with E-state index < -0.39 is 170 Å². The normalized spacial score (nSPS) is 15.8. The number of nitrogens with two attached hydrogens (primary N) is 1. The minimum Gasteiger partial charge on any atom is -0.449 e. The monoisotopic (exact) mass is 1440 g/mol. The van der Waals surface area contributed by atoms with Crippen LogP contribution >= 0.6 is 0 Å².